The third-order valence-electron chi connectivity index (χ3n) is 0.591. The molecular formula is C18H52O8. The summed E-state index contributed by atoms with van der Waals surface area (Å²) in [6.45, 7) is 17.2. The lowest BCUT2D eigenvalue weighted by molar-refractivity contribution is 0.191. The van der Waals surface area contributed by atoms with Gasteiger partial charge < -0.3 is 40.9 Å². The van der Waals surface area contributed by atoms with Crippen LogP contribution in [0, 0.1) is 0 Å². The van der Waals surface area contributed by atoms with E-state index in [1.54, 1.807) is 55.4 Å². The zero-order valence-electron chi connectivity index (χ0n) is 18.8. The van der Waals surface area contributed by atoms with E-state index in [9.17, 15) is 0 Å². The number of hydrogen-bond acceptors (Lipinski definition) is 8. The summed E-state index contributed by atoms with van der Waals surface area (Å²) in [7, 11) is 0. The van der Waals surface area contributed by atoms with Crippen LogP contribution in [0.25, 0.3) is 0 Å². The third-order valence-corrected chi connectivity index (χ3v) is 0.591. The molecule has 8 nitrogen and oxygen atoms in total. The van der Waals surface area contributed by atoms with Gasteiger partial charge >= 0.3 is 0 Å². The van der Waals surface area contributed by atoms with Crippen molar-refractivity contribution in [3.63, 3.8) is 0 Å². The number of rotatable bonds is 1. The summed E-state index contributed by atoms with van der Waals surface area (Å²) in [5.41, 5.74) is 0. The highest BCUT2D eigenvalue weighted by Gasteiger charge is 1.81. The molecule has 0 aliphatic heterocycles. The Labute approximate surface area is 162 Å². The van der Waals surface area contributed by atoms with Gasteiger partial charge in [0.1, 0.15) is 0 Å². The molecule has 1 atom stereocenters. The molecule has 0 radical (unpaired) electrons. The van der Waals surface area contributed by atoms with E-state index < -0.39 is 0 Å². The summed E-state index contributed by atoms with van der Waals surface area (Å²) in [4.78, 5) is 0. The monoisotopic (exact) mass is 396 g/mol. The Morgan fingerprint density at radius 3 is 0.462 bits per heavy atom. The lowest BCUT2D eigenvalue weighted by atomic mass is 10.3. The van der Waals surface area contributed by atoms with Gasteiger partial charge in [0.2, 0.25) is 0 Å². The molecule has 0 aromatic carbocycles. The van der Waals surface area contributed by atoms with Crippen molar-refractivity contribution >= 4 is 0 Å². The Kier molecular flexibility index (Phi) is 234. The molecular weight excluding hydrogens is 344 g/mol. The van der Waals surface area contributed by atoms with E-state index in [4.69, 9.17) is 40.9 Å². The molecule has 0 saturated heterocycles. The second kappa shape index (κ2) is 121. The molecule has 0 aromatic heterocycles. The second-order valence-corrected chi connectivity index (χ2v) is 3.47. The second-order valence-electron chi connectivity index (χ2n) is 3.47. The fourth-order valence-electron chi connectivity index (χ4n) is 0. The van der Waals surface area contributed by atoms with E-state index in [0.29, 0.717) is 0 Å². The van der Waals surface area contributed by atoms with Crippen molar-refractivity contribution in [1.82, 2.24) is 0 Å². The Balaban J connectivity index is -0.0000000240. The van der Waals surface area contributed by atoms with Gasteiger partial charge in [-0.3, -0.25) is 0 Å². The first-order valence-electron chi connectivity index (χ1n) is 9.11. The summed E-state index contributed by atoms with van der Waals surface area (Å²) < 4.78 is 0. The van der Waals surface area contributed by atoms with Gasteiger partial charge in [-0.05, 0) is 61.8 Å². The van der Waals surface area contributed by atoms with Crippen molar-refractivity contribution in [2.75, 3.05) is 46.2 Å². The Hall–Kier alpha value is -0.320. The Morgan fingerprint density at radius 1 is 0.423 bits per heavy atom. The van der Waals surface area contributed by atoms with E-state index in [1.165, 1.54) is 0 Å². The highest BCUT2D eigenvalue weighted by molar-refractivity contribution is 4.34. The number of hydrogen-bond donors (Lipinski definition) is 8. The average molecular weight is 397 g/mol. The van der Waals surface area contributed by atoms with Crippen molar-refractivity contribution in [2.45, 2.75) is 74.8 Å². The molecule has 0 spiro atoms. The fraction of sp³-hybridized carbons (Fsp3) is 1.00. The smallest absolute Gasteiger partial charge is 0.0509 e. The predicted molar refractivity (Wildman–Crippen MR) is 111 cm³/mol. The first kappa shape index (κ1) is 50.0. The minimum Gasteiger partial charge on any atom is -0.397 e. The molecule has 1 unspecified atom stereocenters. The third kappa shape index (κ3) is 4320. The minimum absolute atomic E-state index is 0.116. The molecule has 0 aliphatic carbocycles. The topological polar surface area (TPSA) is 162 Å². The summed E-state index contributed by atoms with van der Waals surface area (Å²) in [6, 6.07) is 0. The maximum absolute atomic E-state index is 8.36. The molecule has 0 heterocycles. The lowest BCUT2D eigenvalue weighted by Crippen LogP contribution is -1.93. The van der Waals surface area contributed by atoms with Crippen LogP contribution in [0.4, 0.5) is 0 Å². The van der Waals surface area contributed by atoms with Gasteiger partial charge in [-0.1, -0.05) is 6.92 Å². The maximum atomic E-state index is 8.36. The standard InChI is InChI=1S/C4H10O.7C2H6O/c1-3-4(2)5;7*1-2-3/h4-5H,3H2,1-2H3;7*3H,2H2,1H3. The predicted octanol–water partition coefficient (Wildman–Crippen LogP) is 0.767. The lowest BCUT2D eigenvalue weighted by Gasteiger charge is -1.90. The molecule has 0 bridgehead atoms. The normalized spacial score (nSPS) is 7.73. The van der Waals surface area contributed by atoms with Crippen LogP contribution in [0.15, 0.2) is 0 Å². The Bertz CT molecular complexity index is 77.6. The van der Waals surface area contributed by atoms with Crippen molar-refractivity contribution in [3.8, 4) is 0 Å². The van der Waals surface area contributed by atoms with Gasteiger partial charge in [-0.2, -0.15) is 0 Å². The summed E-state index contributed by atoms with van der Waals surface area (Å²) in [6.07, 6.45) is 0.745. The first-order chi connectivity index (χ1) is 12.2. The molecule has 0 aromatic rings. The number of aliphatic hydroxyl groups excluding tert-OH is 8. The van der Waals surface area contributed by atoms with Crippen LogP contribution in [0.1, 0.15) is 68.7 Å². The average Bonchev–Trinajstić information content (AvgIpc) is 2.53. The summed E-state index contributed by atoms with van der Waals surface area (Å²) in [5.74, 6) is 0. The molecule has 172 valence electrons. The zero-order valence-corrected chi connectivity index (χ0v) is 18.8. The maximum Gasteiger partial charge on any atom is 0.0509 e. The van der Waals surface area contributed by atoms with Crippen LogP contribution in [0.3, 0.4) is 0 Å². The van der Waals surface area contributed by atoms with Crippen LogP contribution in [-0.4, -0.2) is 93.2 Å². The van der Waals surface area contributed by atoms with Crippen LogP contribution in [-0.2, 0) is 0 Å². The van der Waals surface area contributed by atoms with E-state index in [2.05, 4.69) is 0 Å². The summed E-state index contributed by atoms with van der Waals surface area (Å²) in [5, 5.41) is 61.3. The molecule has 0 saturated carbocycles. The summed E-state index contributed by atoms with van der Waals surface area (Å²) >= 11 is 0. The first-order valence-corrected chi connectivity index (χ1v) is 9.11. The van der Waals surface area contributed by atoms with E-state index in [-0.39, 0.29) is 52.4 Å². The van der Waals surface area contributed by atoms with Gasteiger partial charge in [0.15, 0.2) is 0 Å². The van der Waals surface area contributed by atoms with Gasteiger partial charge in [-0.25, -0.2) is 0 Å². The van der Waals surface area contributed by atoms with Crippen molar-refractivity contribution in [2.24, 2.45) is 0 Å². The van der Waals surface area contributed by atoms with Crippen LogP contribution in [0.5, 0.6) is 0 Å². The zero-order chi connectivity index (χ0) is 23.2. The fourth-order valence-corrected chi connectivity index (χ4v) is 0. The molecule has 0 amide bonds. The quantitative estimate of drug-likeness (QED) is 0.322. The van der Waals surface area contributed by atoms with Crippen LogP contribution < -0.4 is 0 Å². The minimum atomic E-state index is -0.116. The van der Waals surface area contributed by atoms with Gasteiger partial charge in [-0.15, -0.1) is 0 Å². The van der Waals surface area contributed by atoms with Gasteiger partial charge in [0, 0.05) is 46.2 Å². The van der Waals surface area contributed by atoms with Gasteiger partial charge in [0.25, 0.3) is 0 Å². The molecule has 8 N–H and O–H groups in total. The van der Waals surface area contributed by atoms with E-state index >= 15 is 0 Å². The largest absolute Gasteiger partial charge is 0.397 e. The Morgan fingerprint density at radius 2 is 0.462 bits per heavy atom. The highest BCUT2D eigenvalue weighted by Crippen LogP contribution is 1.81. The van der Waals surface area contributed by atoms with E-state index in [0.717, 1.165) is 6.42 Å². The molecule has 0 rings (SSSR count). The molecule has 0 aliphatic rings. The molecule has 0 fully saturated rings. The van der Waals surface area contributed by atoms with E-state index in [1.807, 2.05) is 6.92 Å². The van der Waals surface area contributed by atoms with Crippen LogP contribution in [0.2, 0.25) is 0 Å². The van der Waals surface area contributed by atoms with Gasteiger partial charge in [0.05, 0.1) is 6.10 Å². The molecule has 8 heteroatoms. The van der Waals surface area contributed by atoms with Crippen molar-refractivity contribution in [1.29, 1.82) is 0 Å². The number of aliphatic hydroxyl groups is 8. The van der Waals surface area contributed by atoms with Crippen LogP contribution >= 0.6 is 0 Å². The van der Waals surface area contributed by atoms with Crippen molar-refractivity contribution < 1.29 is 40.9 Å². The molecule has 26 heavy (non-hydrogen) atoms. The highest BCUT2D eigenvalue weighted by atomic mass is 16.3. The SMILES string of the molecule is CCC(C)O.CCO.CCO.CCO.CCO.CCO.CCO.CCO. The van der Waals surface area contributed by atoms with Crippen molar-refractivity contribution in [3.05, 3.63) is 0 Å².